The summed E-state index contributed by atoms with van der Waals surface area (Å²) in [4.78, 5) is 27.2. The van der Waals surface area contributed by atoms with Crippen LogP contribution in [0.3, 0.4) is 0 Å². The number of nitro benzene ring substituents is 1. The highest BCUT2D eigenvalue weighted by atomic mass is 35.5. The zero-order valence-corrected chi connectivity index (χ0v) is 18.1. The molecule has 0 aliphatic carbocycles. The summed E-state index contributed by atoms with van der Waals surface area (Å²) in [6.45, 7) is 2.06. The molecule has 0 unspecified atom stereocenters. The summed E-state index contributed by atoms with van der Waals surface area (Å²) in [7, 11) is 0. The number of piperazine rings is 1. The number of amides is 1. The number of carbonyl (C=O) groups excluding carboxylic acids is 1. The Hall–Kier alpha value is -3.92. The molecule has 5 rings (SSSR count). The predicted octanol–water partition coefficient (Wildman–Crippen LogP) is 3.40. The average Bonchev–Trinajstić information content (AvgIpc) is 3.31. The number of hydrogen-bond acceptors (Lipinski definition) is 8. The van der Waals surface area contributed by atoms with Crippen LogP contribution in [0.4, 0.5) is 11.5 Å². The quantitative estimate of drug-likeness (QED) is 0.424. The normalized spacial score (nSPS) is 14.9. The van der Waals surface area contributed by atoms with Gasteiger partial charge in [0, 0.05) is 42.8 Å². The Balaban J connectivity index is 1.26. The van der Waals surface area contributed by atoms with Crippen molar-refractivity contribution in [1.29, 1.82) is 0 Å². The zero-order valence-electron chi connectivity index (χ0n) is 17.3. The number of halogens is 1. The summed E-state index contributed by atoms with van der Waals surface area (Å²) in [5.41, 5.74) is 1.32. The average molecular weight is 468 g/mol. The molecule has 0 spiro atoms. The smallest absolute Gasteiger partial charge is 0.282 e. The minimum Gasteiger partial charge on any atom is -0.454 e. The maximum absolute atomic E-state index is 12.9. The second-order valence-electron chi connectivity index (χ2n) is 7.54. The maximum Gasteiger partial charge on any atom is 0.282 e. The molecule has 0 radical (unpaired) electrons. The standard InChI is InChI=1S/C22H18ClN5O5/c23-15-2-4-18(28(30)31)16(12-15)22(29)27-9-7-26(8-10-27)21-6-3-17(24-25-21)14-1-5-19-20(11-14)33-13-32-19/h1-6,11-12H,7-10,13H2. The van der Waals surface area contributed by atoms with Crippen LogP contribution in [0.2, 0.25) is 5.02 Å². The lowest BCUT2D eigenvalue weighted by Gasteiger charge is -2.35. The van der Waals surface area contributed by atoms with Crippen LogP contribution >= 0.6 is 11.6 Å². The van der Waals surface area contributed by atoms with Crippen LogP contribution in [0, 0.1) is 10.1 Å². The molecule has 1 aromatic heterocycles. The SMILES string of the molecule is O=C(c1cc(Cl)ccc1[N+](=O)[O-])N1CCN(c2ccc(-c3ccc4c(c3)OCO4)nn2)CC1. The van der Waals surface area contributed by atoms with E-state index in [9.17, 15) is 14.9 Å². The van der Waals surface area contributed by atoms with Crippen LogP contribution in [-0.4, -0.2) is 58.9 Å². The van der Waals surface area contributed by atoms with Crippen LogP contribution in [0.25, 0.3) is 11.3 Å². The highest BCUT2D eigenvalue weighted by molar-refractivity contribution is 6.31. The van der Waals surface area contributed by atoms with Gasteiger partial charge in [-0.3, -0.25) is 14.9 Å². The first-order chi connectivity index (χ1) is 16.0. The van der Waals surface area contributed by atoms with Crippen molar-refractivity contribution >= 4 is 29.0 Å². The number of carbonyl (C=O) groups is 1. The highest BCUT2D eigenvalue weighted by Gasteiger charge is 2.28. The van der Waals surface area contributed by atoms with Crippen LogP contribution < -0.4 is 14.4 Å². The molecule has 10 nitrogen and oxygen atoms in total. The topological polar surface area (TPSA) is 111 Å². The first kappa shape index (κ1) is 21.0. The summed E-state index contributed by atoms with van der Waals surface area (Å²) in [6, 6.07) is 13.4. The number of nitrogens with zero attached hydrogens (tertiary/aromatic N) is 5. The van der Waals surface area contributed by atoms with Gasteiger partial charge in [0.15, 0.2) is 17.3 Å². The fourth-order valence-electron chi connectivity index (χ4n) is 3.85. The highest BCUT2D eigenvalue weighted by Crippen LogP contribution is 2.35. The van der Waals surface area contributed by atoms with Gasteiger partial charge in [-0.2, -0.15) is 0 Å². The van der Waals surface area contributed by atoms with E-state index in [1.54, 1.807) is 4.90 Å². The fourth-order valence-corrected chi connectivity index (χ4v) is 4.02. The summed E-state index contributed by atoms with van der Waals surface area (Å²) in [6.07, 6.45) is 0. The lowest BCUT2D eigenvalue weighted by atomic mass is 10.1. The summed E-state index contributed by atoms with van der Waals surface area (Å²) >= 11 is 5.96. The van der Waals surface area contributed by atoms with E-state index in [0.717, 1.165) is 5.56 Å². The molecular weight excluding hydrogens is 450 g/mol. The number of anilines is 1. The van der Waals surface area contributed by atoms with Gasteiger partial charge >= 0.3 is 0 Å². The first-order valence-corrected chi connectivity index (χ1v) is 10.6. The molecule has 2 aliphatic rings. The molecule has 0 saturated carbocycles. The number of hydrogen-bond donors (Lipinski definition) is 0. The molecular formula is C22H18ClN5O5. The van der Waals surface area contributed by atoms with E-state index < -0.39 is 10.8 Å². The molecule has 1 amide bonds. The van der Waals surface area contributed by atoms with Gasteiger partial charge in [-0.05, 0) is 42.5 Å². The van der Waals surface area contributed by atoms with Gasteiger partial charge in [-0.15, -0.1) is 10.2 Å². The van der Waals surface area contributed by atoms with Gasteiger partial charge in [0.25, 0.3) is 11.6 Å². The van der Waals surface area contributed by atoms with E-state index in [2.05, 4.69) is 10.2 Å². The third kappa shape index (κ3) is 4.12. The summed E-state index contributed by atoms with van der Waals surface area (Å²) in [5, 5.41) is 20.3. The van der Waals surface area contributed by atoms with Crippen molar-refractivity contribution in [3.05, 3.63) is 69.2 Å². The van der Waals surface area contributed by atoms with Crippen molar-refractivity contribution in [1.82, 2.24) is 15.1 Å². The van der Waals surface area contributed by atoms with Crippen molar-refractivity contribution < 1.29 is 19.2 Å². The molecule has 33 heavy (non-hydrogen) atoms. The minimum atomic E-state index is -0.572. The van der Waals surface area contributed by atoms with Crippen molar-refractivity contribution in [3.8, 4) is 22.8 Å². The van der Waals surface area contributed by atoms with E-state index >= 15 is 0 Å². The minimum absolute atomic E-state index is 0.00572. The Bertz CT molecular complexity index is 1230. The van der Waals surface area contributed by atoms with Gasteiger partial charge < -0.3 is 19.3 Å². The van der Waals surface area contributed by atoms with Gasteiger partial charge in [0.2, 0.25) is 6.79 Å². The number of benzene rings is 2. The van der Waals surface area contributed by atoms with Crippen LogP contribution in [-0.2, 0) is 0 Å². The molecule has 0 bridgehead atoms. The van der Waals surface area contributed by atoms with E-state index in [1.807, 2.05) is 35.2 Å². The van der Waals surface area contributed by atoms with E-state index in [0.29, 0.717) is 49.2 Å². The Morgan fingerprint density at radius 3 is 2.48 bits per heavy atom. The molecule has 1 fully saturated rings. The van der Waals surface area contributed by atoms with E-state index in [-0.39, 0.29) is 23.1 Å². The summed E-state index contributed by atoms with van der Waals surface area (Å²) in [5.74, 6) is 1.67. The summed E-state index contributed by atoms with van der Waals surface area (Å²) < 4.78 is 10.7. The molecule has 0 N–H and O–H groups in total. The maximum atomic E-state index is 12.9. The fraction of sp³-hybridized carbons (Fsp3) is 0.227. The zero-order chi connectivity index (χ0) is 22.9. The monoisotopic (exact) mass is 467 g/mol. The number of fused-ring (bicyclic) bond motifs is 1. The van der Waals surface area contributed by atoms with Crippen LogP contribution in [0.1, 0.15) is 10.4 Å². The lowest BCUT2D eigenvalue weighted by Crippen LogP contribution is -2.49. The number of rotatable bonds is 4. The molecule has 0 atom stereocenters. The van der Waals surface area contributed by atoms with Gasteiger partial charge in [-0.25, -0.2) is 0 Å². The van der Waals surface area contributed by atoms with E-state index in [4.69, 9.17) is 21.1 Å². The molecule has 3 heterocycles. The van der Waals surface area contributed by atoms with Crippen LogP contribution in [0.5, 0.6) is 11.5 Å². The third-order valence-corrected chi connectivity index (χ3v) is 5.83. The second kappa shape index (κ2) is 8.55. The van der Waals surface area contributed by atoms with Gasteiger partial charge in [0.05, 0.1) is 10.6 Å². The first-order valence-electron chi connectivity index (χ1n) is 10.2. The van der Waals surface area contributed by atoms with Crippen molar-refractivity contribution in [2.45, 2.75) is 0 Å². The molecule has 11 heteroatoms. The molecule has 2 aliphatic heterocycles. The molecule has 3 aromatic rings. The number of aromatic nitrogens is 2. The lowest BCUT2D eigenvalue weighted by molar-refractivity contribution is -0.385. The van der Waals surface area contributed by atoms with E-state index in [1.165, 1.54) is 18.2 Å². The molecule has 1 saturated heterocycles. The van der Waals surface area contributed by atoms with Gasteiger partial charge in [0.1, 0.15) is 5.56 Å². The van der Waals surface area contributed by atoms with Crippen molar-refractivity contribution in [3.63, 3.8) is 0 Å². The van der Waals surface area contributed by atoms with Crippen molar-refractivity contribution in [2.24, 2.45) is 0 Å². The number of nitro groups is 1. The Morgan fingerprint density at radius 2 is 1.76 bits per heavy atom. The molecule has 2 aromatic carbocycles. The van der Waals surface area contributed by atoms with Gasteiger partial charge in [-0.1, -0.05) is 11.6 Å². The second-order valence-corrected chi connectivity index (χ2v) is 7.98. The largest absolute Gasteiger partial charge is 0.454 e. The number of ether oxygens (including phenoxy) is 2. The third-order valence-electron chi connectivity index (χ3n) is 5.60. The molecule has 168 valence electrons. The predicted molar refractivity (Wildman–Crippen MR) is 120 cm³/mol. The van der Waals surface area contributed by atoms with Crippen molar-refractivity contribution in [2.75, 3.05) is 37.9 Å². The Kier molecular flexibility index (Phi) is 5.43. The Morgan fingerprint density at radius 1 is 0.970 bits per heavy atom. The Labute approximate surface area is 193 Å². The van der Waals surface area contributed by atoms with Crippen LogP contribution in [0.15, 0.2) is 48.5 Å².